The van der Waals surface area contributed by atoms with Gasteiger partial charge in [0.2, 0.25) is 0 Å². The third kappa shape index (κ3) is 7.60. The molecule has 0 bridgehead atoms. The van der Waals surface area contributed by atoms with Crippen molar-refractivity contribution in [3.63, 3.8) is 0 Å². The summed E-state index contributed by atoms with van der Waals surface area (Å²) >= 11 is 6.89. The SMILES string of the molecule is CC(C)c1ccc(OCC(=O)NNC(=O)c2ccc(OCCc3ccccc3)c(Br)c2)c(Br)c1. The normalized spacial score (nSPS) is 10.6. The molecule has 0 aliphatic heterocycles. The van der Waals surface area contributed by atoms with E-state index in [1.54, 1.807) is 18.2 Å². The maximum absolute atomic E-state index is 12.4. The number of ether oxygens (including phenoxy) is 2. The van der Waals surface area contributed by atoms with Crippen molar-refractivity contribution in [3.8, 4) is 11.5 Å². The second-order valence-electron chi connectivity index (χ2n) is 7.86. The molecule has 0 spiro atoms. The Balaban J connectivity index is 1.45. The van der Waals surface area contributed by atoms with Gasteiger partial charge in [-0.15, -0.1) is 0 Å². The van der Waals surface area contributed by atoms with E-state index in [0.29, 0.717) is 34.1 Å². The number of halogens is 2. The van der Waals surface area contributed by atoms with E-state index in [2.05, 4.69) is 56.6 Å². The molecule has 34 heavy (non-hydrogen) atoms. The van der Waals surface area contributed by atoms with E-state index in [0.717, 1.165) is 16.5 Å². The third-order valence-corrected chi connectivity index (χ3v) is 6.22. The van der Waals surface area contributed by atoms with Crippen molar-refractivity contribution in [1.29, 1.82) is 0 Å². The van der Waals surface area contributed by atoms with Gasteiger partial charge in [0.05, 0.1) is 15.6 Å². The summed E-state index contributed by atoms with van der Waals surface area (Å²) in [5, 5.41) is 0. The molecule has 2 N–H and O–H groups in total. The molecule has 3 aromatic rings. The van der Waals surface area contributed by atoms with Crippen molar-refractivity contribution in [2.24, 2.45) is 0 Å². The van der Waals surface area contributed by atoms with E-state index in [4.69, 9.17) is 9.47 Å². The van der Waals surface area contributed by atoms with Crippen LogP contribution in [-0.2, 0) is 11.2 Å². The fraction of sp³-hybridized carbons (Fsp3) is 0.231. The van der Waals surface area contributed by atoms with Gasteiger partial charge in [-0.1, -0.05) is 50.2 Å². The second-order valence-corrected chi connectivity index (χ2v) is 9.57. The van der Waals surface area contributed by atoms with Gasteiger partial charge >= 0.3 is 0 Å². The van der Waals surface area contributed by atoms with Crippen LogP contribution in [0.1, 0.15) is 41.3 Å². The van der Waals surface area contributed by atoms with Crippen LogP contribution < -0.4 is 20.3 Å². The zero-order chi connectivity index (χ0) is 24.5. The van der Waals surface area contributed by atoms with Crippen molar-refractivity contribution in [3.05, 3.63) is 92.4 Å². The van der Waals surface area contributed by atoms with Crippen LogP contribution in [-0.4, -0.2) is 25.0 Å². The van der Waals surface area contributed by atoms with Gasteiger partial charge in [-0.05, 0) is 79.2 Å². The smallest absolute Gasteiger partial charge is 0.276 e. The molecule has 6 nitrogen and oxygen atoms in total. The standard InChI is InChI=1S/C26H26Br2N2O4/c1-17(2)19-8-10-24(21(27)14-19)34-16-25(31)29-30-26(32)20-9-11-23(22(28)15-20)33-13-12-18-6-4-3-5-7-18/h3-11,14-15,17H,12-13,16H2,1-2H3,(H,29,31)(H,30,32). The Morgan fingerprint density at radius 3 is 2.21 bits per heavy atom. The fourth-order valence-electron chi connectivity index (χ4n) is 3.05. The molecule has 3 aromatic carbocycles. The number of carbonyl (C=O) groups excluding carboxylic acids is 2. The highest BCUT2D eigenvalue weighted by Crippen LogP contribution is 2.29. The first-order chi connectivity index (χ1) is 16.3. The second kappa shape index (κ2) is 12.6. The van der Waals surface area contributed by atoms with Gasteiger partial charge in [-0.25, -0.2) is 0 Å². The molecule has 178 valence electrons. The molecule has 2 amide bonds. The Labute approximate surface area is 216 Å². The predicted molar refractivity (Wildman–Crippen MR) is 139 cm³/mol. The highest BCUT2D eigenvalue weighted by atomic mass is 79.9. The monoisotopic (exact) mass is 588 g/mol. The zero-order valence-electron chi connectivity index (χ0n) is 18.9. The number of carbonyl (C=O) groups is 2. The molecule has 0 aliphatic carbocycles. The molecule has 0 saturated heterocycles. The topological polar surface area (TPSA) is 76.7 Å². The lowest BCUT2D eigenvalue weighted by atomic mass is 10.0. The van der Waals surface area contributed by atoms with Crippen molar-refractivity contribution >= 4 is 43.7 Å². The molecule has 0 saturated carbocycles. The lowest BCUT2D eigenvalue weighted by Gasteiger charge is -2.12. The van der Waals surface area contributed by atoms with E-state index < -0.39 is 11.8 Å². The number of benzene rings is 3. The van der Waals surface area contributed by atoms with Crippen LogP contribution in [0.2, 0.25) is 0 Å². The summed E-state index contributed by atoms with van der Waals surface area (Å²) < 4.78 is 12.8. The van der Waals surface area contributed by atoms with Crippen molar-refractivity contribution in [2.75, 3.05) is 13.2 Å². The molecular formula is C26H26Br2N2O4. The number of hydrazine groups is 1. The molecule has 0 radical (unpaired) electrons. The van der Waals surface area contributed by atoms with Gasteiger partial charge < -0.3 is 9.47 Å². The molecule has 0 aromatic heterocycles. The summed E-state index contributed by atoms with van der Waals surface area (Å²) in [6.07, 6.45) is 0.780. The number of hydrogen-bond donors (Lipinski definition) is 2. The highest BCUT2D eigenvalue weighted by Gasteiger charge is 2.12. The van der Waals surface area contributed by atoms with Gasteiger partial charge in [-0.3, -0.25) is 20.4 Å². The molecule has 0 fully saturated rings. The van der Waals surface area contributed by atoms with Crippen LogP contribution >= 0.6 is 31.9 Å². The summed E-state index contributed by atoms with van der Waals surface area (Å²) in [5.74, 6) is 0.649. The minimum atomic E-state index is -0.479. The molecule has 0 unspecified atom stereocenters. The minimum absolute atomic E-state index is 0.238. The van der Waals surface area contributed by atoms with Crippen molar-refractivity contribution in [2.45, 2.75) is 26.2 Å². The molecule has 0 heterocycles. The van der Waals surface area contributed by atoms with Crippen LogP contribution in [0.25, 0.3) is 0 Å². The summed E-state index contributed by atoms with van der Waals surface area (Å²) in [4.78, 5) is 24.5. The molecular weight excluding hydrogens is 564 g/mol. The van der Waals surface area contributed by atoms with Crippen molar-refractivity contribution < 1.29 is 19.1 Å². The Morgan fingerprint density at radius 1 is 0.853 bits per heavy atom. The fourth-order valence-corrected chi connectivity index (χ4v) is 4.06. The van der Waals surface area contributed by atoms with Crippen LogP contribution in [0.3, 0.4) is 0 Å². The van der Waals surface area contributed by atoms with Gasteiger partial charge in [-0.2, -0.15) is 0 Å². The minimum Gasteiger partial charge on any atom is -0.492 e. The molecule has 3 rings (SSSR count). The first-order valence-corrected chi connectivity index (χ1v) is 12.4. The van der Waals surface area contributed by atoms with Crippen LogP contribution in [0.4, 0.5) is 0 Å². The first kappa shape index (κ1) is 25.8. The van der Waals surface area contributed by atoms with E-state index in [-0.39, 0.29) is 6.61 Å². The lowest BCUT2D eigenvalue weighted by molar-refractivity contribution is -0.123. The quantitative estimate of drug-likeness (QED) is 0.309. The Hall–Kier alpha value is -2.84. The van der Waals surface area contributed by atoms with Gasteiger partial charge in [0.15, 0.2) is 6.61 Å². The first-order valence-electron chi connectivity index (χ1n) is 10.8. The number of hydrogen-bond acceptors (Lipinski definition) is 4. The van der Waals surface area contributed by atoms with Crippen molar-refractivity contribution in [1.82, 2.24) is 10.9 Å². The van der Waals surface area contributed by atoms with E-state index in [1.807, 2.05) is 48.5 Å². The van der Waals surface area contributed by atoms with Crippen LogP contribution in [0.15, 0.2) is 75.7 Å². The molecule has 8 heteroatoms. The Morgan fingerprint density at radius 2 is 1.53 bits per heavy atom. The average molecular weight is 590 g/mol. The molecule has 0 atom stereocenters. The van der Waals surface area contributed by atoms with Gasteiger partial charge in [0, 0.05) is 12.0 Å². The van der Waals surface area contributed by atoms with E-state index >= 15 is 0 Å². The van der Waals surface area contributed by atoms with Crippen LogP contribution in [0.5, 0.6) is 11.5 Å². The molecule has 0 aliphatic rings. The largest absolute Gasteiger partial charge is 0.492 e. The van der Waals surface area contributed by atoms with E-state index in [1.165, 1.54) is 5.56 Å². The number of amides is 2. The number of nitrogens with one attached hydrogen (secondary N) is 2. The van der Waals surface area contributed by atoms with Crippen LogP contribution in [0, 0.1) is 0 Å². The Kier molecular flexibility index (Phi) is 9.53. The Bertz CT molecular complexity index is 1140. The van der Waals surface area contributed by atoms with Gasteiger partial charge in [0.25, 0.3) is 11.8 Å². The number of rotatable bonds is 9. The van der Waals surface area contributed by atoms with E-state index in [9.17, 15) is 9.59 Å². The average Bonchev–Trinajstić information content (AvgIpc) is 2.83. The van der Waals surface area contributed by atoms with Gasteiger partial charge in [0.1, 0.15) is 11.5 Å². The zero-order valence-corrected chi connectivity index (χ0v) is 22.1. The summed E-state index contributed by atoms with van der Waals surface area (Å²) in [5.41, 5.74) is 7.48. The predicted octanol–water partition coefficient (Wildman–Crippen LogP) is 5.80. The third-order valence-electron chi connectivity index (χ3n) is 4.98. The summed E-state index contributed by atoms with van der Waals surface area (Å²) in [6.45, 7) is 4.48. The summed E-state index contributed by atoms with van der Waals surface area (Å²) in [7, 11) is 0. The maximum Gasteiger partial charge on any atom is 0.276 e. The summed E-state index contributed by atoms with van der Waals surface area (Å²) in [6, 6.07) is 20.8. The lowest BCUT2D eigenvalue weighted by Crippen LogP contribution is -2.43. The maximum atomic E-state index is 12.4. The highest BCUT2D eigenvalue weighted by molar-refractivity contribution is 9.10.